The van der Waals surface area contributed by atoms with Crippen molar-refractivity contribution in [3.63, 3.8) is 0 Å². The number of rotatable bonds is 5. The molecule has 3 nitrogen and oxygen atoms in total. The Morgan fingerprint density at radius 2 is 2.25 bits per heavy atom. The fourth-order valence-electron chi connectivity index (χ4n) is 0.164. The molecule has 0 aromatic heterocycles. The summed E-state index contributed by atoms with van der Waals surface area (Å²) in [7, 11) is 0. The van der Waals surface area contributed by atoms with E-state index in [1.54, 1.807) is 0 Å². The maximum absolute atomic E-state index is 5.12. The first-order valence-electron chi connectivity index (χ1n) is 2.53. The Hall–Kier alpha value is 0.230. The Labute approximate surface area is 53.9 Å². The largest absolute Gasteiger partial charge is 0.328 e. The standard InChI is InChI=1S/C4H11NO2S/c1-2-6-8-7-4-3-5/h2-5H2,1H3. The van der Waals surface area contributed by atoms with E-state index in [1.165, 1.54) is 0 Å². The van der Waals surface area contributed by atoms with Crippen molar-refractivity contribution in [2.24, 2.45) is 5.73 Å². The summed E-state index contributed by atoms with van der Waals surface area (Å²) in [5, 5.41) is 0. The highest BCUT2D eigenvalue weighted by atomic mass is 32.2. The molecule has 0 saturated heterocycles. The smallest absolute Gasteiger partial charge is 0.158 e. The van der Waals surface area contributed by atoms with Crippen LogP contribution in [0.1, 0.15) is 6.92 Å². The zero-order valence-electron chi connectivity index (χ0n) is 4.92. The minimum Gasteiger partial charge on any atom is -0.328 e. The van der Waals surface area contributed by atoms with Crippen LogP contribution in [0.25, 0.3) is 0 Å². The molecule has 0 saturated carbocycles. The van der Waals surface area contributed by atoms with E-state index in [0.29, 0.717) is 19.8 Å². The predicted octanol–water partition coefficient (Wildman–Crippen LogP) is 0.561. The summed E-state index contributed by atoms with van der Waals surface area (Å²) >= 11 is 0.998. The van der Waals surface area contributed by atoms with Crippen molar-refractivity contribution in [3.8, 4) is 0 Å². The summed E-state index contributed by atoms with van der Waals surface area (Å²) < 4.78 is 9.57. The molecule has 0 aromatic carbocycles. The van der Waals surface area contributed by atoms with Crippen molar-refractivity contribution in [2.45, 2.75) is 6.92 Å². The second-order valence-corrected chi connectivity index (χ2v) is 1.69. The molecule has 8 heavy (non-hydrogen) atoms. The van der Waals surface area contributed by atoms with Gasteiger partial charge in [-0.15, -0.1) is 0 Å². The minimum absolute atomic E-state index is 0.542. The lowest BCUT2D eigenvalue weighted by Crippen LogP contribution is -2.04. The third-order valence-electron chi connectivity index (χ3n) is 0.415. The van der Waals surface area contributed by atoms with Crippen LogP contribution in [0, 0.1) is 0 Å². The van der Waals surface area contributed by atoms with Crippen LogP contribution in [0.4, 0.5) is 0 Å². The lowest BCUT2D eigenvalue weighted by atomic mass is 10.8. The Balaban J connectivity index is 2.53. The van der Waals surface area contributed by atoms with Crippen molar-refractivity contribution in [2.75, 3.05) is 19.8 Å². The average molecular weight is 137 g/mol. The number of hydrogen-bond donors (Lipinski definition) is 1. The minimum atomic E-state index is 0.542. The monoisotopic (exact) mass is 137 g/mol. The number of nitrogens with two attached hydrogens (primary N) is 1. The molecule has 0 aromatic rings. The molecular formula is C4H11NO2S. The lowest BCUT2D eigenvalue weighted by molar-refractivity contribution is 0.303. The molecule has 2 N–H and O–H groups in total. The van der Waals surface area contributed by atoms with Crippen LogP contribution in [0.2, 0.25) is 0 Å². The van der Waals surface area contributed by atoms with Crippen LogP contribution in [0.15, 0.2) is 0 Å². The zero-order valence-corrected chi connectivity index (χ0v) is 5.74. The summed E-state index contributed by atoms with van der Waals surface area (Å²) in [6.45, 7) is 3.65. The van der Waals surface area contributed by atoms with Gasteiger partial charge in [0.05, 0.1) is 13.2 Å². The van der Waals surface area contributed by atoms with Gasteiger partial charge in [0, 0.05) is 6.54 Å². The van der Waals surface area contributed by atoms with Gasteiger partial charge in [-0.05, 0) is 6.92 Å². The van der Waals surface area contributed by atoms with Crippen LogP contribution in [-0.4, -0.2) is 19.8 Å². The van der Waals surface area contributed by atoms with Crippen molar-refractivity contribution < 1.29 is 8.37 Å². The molecule has 0 aliphatic carbocycles. The van der Waals surface area contributed by atoms with Gasteiger partial charge < -0.3 is 5.73 Å². The summed E-state index contributed by atoms with van der Waals surface area (Å²) in [5.41, 5.74) is 5.12. The van der Waals surface area contributed by atoms with Gasteiger partial charge in [-0.3, -0.25) is 8.37 Å². The zero-order chi connectivity index (χ0) is 6.24. The third-order valence-corrected chi connectivity index (χ3v) is 1.01. The summed E-state index contributed by atoms with van der Waals surface area (Å²) in [6.07, 6.45) is 0. The second kappa shape index (κ2) is 7.23. The Kier molecular flexibility index (Phi) is 7.44. The molecule has 0 amide bonds. The van der Waals surface area contributed by atoms with E-state index in [2.05, 4.69) is 0 Å². The van der Waals surface area contributed by atoms with Crippen molar-refractivity contribution in [1.82, 2.24) is 0 Å². The highest BCUT2D eigenvalue weighted by molar-refractivity contribution is 7.89. The first-order chi connectivity index (χ1) is 3.91. The molecule has 0 fully saturated rings. The first-order valence-corrected chi connectivity index (χ1v) is 3.19. The SMILES string of the molecule is CCOSOCCN. The van der Waals surface area contributed by atoms with Gasteiger partial charge in [-0.1, -0.05) is 0 Å². The molecule has 0 aliphatic rings. The van der Waals surface area contributed by atoms with Gasteiger partial charge in [-0.25, -0.2) is 0 Å². The molecular weight excluding hydrogens is 126 g/mol. The van der Waals surface area contributed by atoms with E-state index in [9.17, 15) is 0 Å². The van der Waals surface area contributed by atoms with Gasteiger partial charge >= 0.3 is 0 Å². The van der Waals surface area contributed by atoms with Crippen molar-refractivity contribution in [3.05, 3.63) is 0 Å². The van der Waals surface area contributed by atoms with E-state index in [-0.39, 0.29) is 0 Å². The molecule has 0 bridgehead atoms. The van der Waals surface area contributed by atoms with Crippen LogP contribution in [0.3, 0.4) is 0 Å². The van der Waals surface area contributed by atoms with Gasteiger partial charge in [0.15, 0.2) is 12.3 Å². The summed E-state index contributed by atoms with van der Waals surface area (Å²) in [5.74, 6) is 0. The highest BCUT2D eigenvalue weighted by Crippen LogP contribution is 2.01. The first kappa shape index (κ1) is 8.23. The molecule has 0 aliphatic heterocycles. The van der Waals surface area contributed by atoms with E-state index in [4.69, 9.17) is 14.1 Å². The van der Waals surface area contributed by atoms with Crippen molar-refractivity contribution in [1.29, 1.82) is 0 Å². The van der Waals surface area contributed by atoms with E-state index in [0.717, 1.165) is 12.3 Å². The Morgan fingerprint density at radius 1 is 1.50 bits per heavy atom. The van der Waals surface area contributed by atoms with Gasteiger partial charge in [0.2, 0.25) is 0 Å². The van der Waals surface area contributed by atoms with Crippen LogP contribution < -0.4 is 5.73 Å². The quantitative estimate of drug-likeness (QED) is 0.444. The molecule has 0 rings (SSSR count). The van der Waals surface area contributed by atoms with Gasteiger partial charge in [0.25, 0.3) is 0 Å². The van der Waals surface area contributed by atoms with E-state index < -0.39 is 0 Å². The van der Waals surface area contributed by atoms with Gasteiger partial charge in [0.1, 0.15) is 0 Å². The molecule has 0 unspecified atom stereocenters. The lowest BCUT2D eigenvalue weighted by Gasteiger charge is -1.96. The normalized spacial score (nSPS) is 9.75. The van der Waals surface area contributed by atoms with Crippen LogP contribution >= 0.6 is 12.3 Å². The van der Waals surface area contributed by atoms with Gasteiger partial charge in [-0.2, -0.15) is 0 Å². The van der Waals surface area contributed by atoms with Crippen LogP contribution in [-0.2, 0) is 8.37 Å². The molecule has 4 heteroatoms. The molecule has 50 valence electrons. The van der Waals surface area contributed by atoms with E-state index >= 15 is 0 Å². The fourth-order valence-corrected chi connectivity index (χ4v) is 0.493. The Bertz CT molecular complexity index is 39.0. The second-order valence-electron chi connectivity index (χ2n) is 1.09. The Morgan fingerprint density at radius 3 is 2.75 bits per heavy atom. The number of hydrogen-bond acceptors (Lipinski definition) is 4. The molecule has 0 atom stereocenters. The summed E-state index contributed by atoms with van der Waals surface area (Å²) in [4.78, 5) is 0. The topological polar surface area (TPSA) is 44.5 Å². The summed E-state index contributed by atoms with van der Waals surface area (Å²) in [6, 6.07) is 0. The maximum Gasteiger partial charge on any atom is 0.158 e. The van der Waals surface area contributed by atoms with Crippen LogP contribution in [0.5, 0.6) is 0 Å². The highest BCUT2D eigenvalue weighted by Gasteiger charge is 1.83. The molecule has 0 spiro atoms. The molecule has 0 heterocycles. The van der Waals surface area contributed by atoms with Crippen molar-refractivity contribution >= 4 is 12.3 Å². The average Bonchev–Trinajstić information content (AvgIpc) is 1.81. The predicted molar refractivity (Wildman–Crippen MR) is 34.2 cm³/mol. The van der Waals surface area contributed by atoms with E-state index in [1.807, 2.05) is 6.92 Å². The molecule has 0 radical (unpaired) electrons. The maximum atomic E-state index is 5.12. The third kappa shape index (κ3) is 6.23. The fraction of sp³-hybridized carbons (Fsp3) is 1.00.